The normalized spacial score (nSPS) is 17.0. The fourth-order valence-corrected chi connectivity index (χ4v) is 4.29. The lowest BCUT2D eigenvalue weighted by Crippen LogP contribution is -2.29. The maximum Gasteiger partial charge on any atom is 0.338 e. The van der Waals surface area contributed by atoms with Gasteiger partial charge in [-0.1, -0.05) is 35.9 Å². The molecule has 7 heteroatoms. The highest BCUT2D eigenvalue weighted by Crippen LogP contribution is 2.40. The largest absolute Gasteiger partial charge is 0.507 e. The number of nitrogens with zero attached hydrogens (tertiary/aromatic N) is 2. The molecule has 184 valence electrons. The number of aliphatic hydroxyl groups excluding tert-OH is 1. The second-order valence-electron chi connectivity index (χ2n) is 9.18. The molecule has 2 aromatic carbocycles. The molecule has 4 rings (SSSR count). The van der Waals surface area contributed by atoms with Gasteiger partial charge in [-0.15, -0.1) is 0 Å². The Labute approximate surface area is 210 Å². The lowest BCUT2D eigenvalue weighted by Gasteiger charge is -2.25. The predicted octanol–water partition coefficient (Wildman–Crippen LogP) is 4.89. The number of aromatic nitrogens is 1. The van der Waals surface area contributed by atoms with Crippen molar-refractivity contribution < 1.29 is 24.2 Å². The Morgan fingerprint density at radius 1 is 1.08 bits per heavy atom. The molecule has 0 saturated carbocycles. The van der Waals surface area contributed by atoms with Crippen LogP contribution in [0.25, 0.3) is 5.76 Å². The zero-order valence-corrected chi connectivity index (χ0v) is 20.7. The van der Waals surface area contributed by atoms with Gasteiger partial charge in [0.15, 0.2) is 0 Å². The number of hydrogen-bond donors (Lipinski definition) is 1. The van der Waals surface area contributed by atoms with Gasteiger partial charge in [-0.05, 0) is 68.7 Å². The van der Waals surface area contributed by atoms with E-state index in [1.165, 1.54) is 4.90 Å². The van der Waals surface area contributed by atoms with Gasteiger partial charge in [-0.2, -0.15) is 0 Å². The molecule has 1 atom stereocenters. The molecule has 1 aliphatic heterocycles. The summed E-state index contributed by atoms with van der Waals surface area (Å²) in [5.74, 6) is -2.10. The molecule has 1 saturated heterocycles. The molecule has 0 radical (unpaired) electrons. The van der Waals surface area contributed by atoms with Crippen LogP contribution in [0.5, 0.6) is 0 Å². The third-order valence-corrected chi connectivity index (χ3v) is 6.07. The van der Waals surface area contributed by atoms with Crippen LogP contribution in [0.15, 0.2) is 72.6 Å². The van der Waals surface area contributed by atoms with Crippen LogP contribution in [0.4, 0.5) is 0 Å². The van der Waals surface area contributed by atoms with E-state index in [-0.39, 0.29) is 24.0 Å². The van der Waals surface area contributed by atoms with Crippen LogP contribution >= 0.6 is 0 Å². The third-order valence-electron chi connectivity index (χ3n) is 6.07. The fourth-order valence-electron chi connectivity index (χ4n) is 4.29. The van der Waals surface area contributed by atoms with Gasteiger partial charge in [0.2, 0.25) is 0 Å². The number of hydrogen-bond acceptors (Lipinski definition) is 6. The number of esters is 1. The van der Waals surface area contributed by atoms with Gasteiger partial charge >= 0.3 is 5.97 Å². The maximum atomic E-state index is 13.3. The second-order valence-corrected chi connectivity index (χ2v) is 9.18. The van der Waals surface area contributed by atoms with Crippen LogP contribution in [-0.4, -0.2) is 38.8 Å². The van der Waals surface area contributed by atoms with Crippen molar-refractivity contribution in [2.75, 3.05) is 0 Å². The summed E-state index contributed by atoms with van der Waals surface area (Å²) in [5.41, 5.74) is 3.98. The number of amides is 1. The number of aryl methyl sites for hydroxylation is 2. The van der Waals surface area contributed by atoms with Crippen LogP contribution in [0.1, 0.15) is 58.1 Å². The summed E-state index contributed by atoms with van der Waals surface area (Å²) in [6, 6.07) is 15.0. The minimum Gasteiger partial charge on any atom is -0.507 e. The predicted molar refractivity (Wildman–Crippen MR) is 135 cm³/mol. The van der Waals surface area contributed by atoms with E-state index >= 15 is 0 Å². The topological polar surface area (TPSA) is 96.8 Å². The number of rotatable bonds is 6. The summed E-state index contributed by atoms with van der Waals surface area (Å²) in [7, 11) is 0. The molecular formula is C29H28N2O5. The van der Waals surface area contributed by atoms with Crippen molar-refractivity contribution in [3.63, 3.8) is 0 Å². The summed E-state index contributed by atoms with van der Waals surface area (Å²) in [4.78, 5) is 44.3. The Balaban J connectivity index is 1.75. The molecule has 7 nitrogen and oxygen atoms in total. The summed E-state index contributed by atoms with van der Waals surface area (Å²) < 4.78 is 5.23. The summed E-state index contributed by atoms with van der Waals surface area (Å²) in [6.45, 7) is 7.40. The molecule has 1 fully saturated rings. The minimum atomic E-state index is -0.816. The Morgan fingerprint density at radius 2 is 1.81 bits per heavy atom. The maximum absolute atomic E-state index is 13.3. The average molecular weight is 485 g/mol. The van der Waals surface area contributed by atoms with Gasteiger partial charge in [-0.3, -0.25) is 14.6 Å². The number of benzene rings is 2. The van der Waals surface area contributed by atoms with Crippen molar-refractivity contribution in [1.82, 2.24) is 9.88 Å². The molecule has 0 spiro atoms. The average Bonchev–Trinajstić information content (AvgIpc) is 3.10. The second kappa shape index (κ2) is 10.2. The van der Waals surface area contributed by atoms with Crippen LogP contribution in [-0.2, 0) is 20.9 Å². The quantitative estimate of drug-likeness (QED) is 0.232. The monoisotopic (exact) mass is 484 g/mol. The van der Waals surface area contributed by atoms with E-state index in [2.05, 4.69) is 4.98 Å². The first-order valence-electron chi connectivity index (χ1n) is 11.7. The Kier molecular flexibility index (Phi) is 7.01. The highest BCUT2D eigenvalue weighted by molar-refractivity contribution is 6.46. The van der Waals surface area contributed by atoms with Gasteiger partial charge in [0.1, 0.15) is 5.76 Å². The zero-order valence-electron chi connectivity index (χ0n) is 20.7. The molecule has 0 bridgehead atoms. The van der Waals surface area contributed by atoms with Crippen LogP contribution in [0, 0.1) is 13.8 Å². The minimum absolute atomic E-state index is 0.0267. The first-order chi connectivity index (χ1) is 17.2. The van der Waals surface area contributed by atoms with Gasteiger partial charge in [0, 0.05) is 24.5 Å². The first-order valence-corrected chi connectivity index (χ1v) is 11.7. The number of carbonyl (C=O) groups excluding carboxylic acids is 3. The lowest BCUT2D eigenvalue weighted by atomic mass is 9.94. The van der Waals surface area contributed by atoms with Crippen molar-refractivity contribution in [3.05, 3.63) is 106 Å². The van der Waals surface area contributed by atoms with Crippen molar-refractivity contribution in [3.8, 4) is 0 Å². The number of ketones is 1. The number of ether oxygens (including phenoxy) is 1. The summed E-state index contributed by atoms with van der Waals surface area (Å²) >= 11 is 0. The van der Waals surface area contributed by atoms with Crippen molar-refractivity contribution in [2.24, 2.45) is 0 Å². The molecule has 1 aromatic heterocycles. The molecule has 36 heavy (non-hydrogen) atoms. The van der Waals surface area contributed by atoms with E-state index < -0.39 is 23.7 Å². The third kappa shape index (κ3) is 4.91. The standard InChI is InChI=1S/C29H28N2O5/c1-17(2)36-29(35)21-11-9-20(10-12-21)16-31-25(22-6-5-13-30-15-22)24(27(33)28(31)34)26(32)23-14-18(3)7-8-19(23)4/h5-15,17,25,32H,16H2,1-4H3/b26-24+. The molecule has 1 N–H and O–H groups in total. The lowest BCUT2D eigenvalue weighted by molar-refractivity contribution is -0.140. The molecule has 1 amide bonds. The van der Waals surface area contributed by atoms with Crippen molar-refractivity contribution in [1.29, 1.82) is 0 Å². The van der Waals surface area contributed by atoms with Crippen LogP contribution < -0.4 is 0 Å². The molecule has 1 unspecified atom stereocenters. The number of likely N-dealkylation sites (tertiary alicyclic amines) is 1. The van der Waals surface area contributed by atoms with Crippen LogP contribution in [0.2, 0.25) is 0 Å². The number of pyridine rings is 1. The zero-order chi connectivity index (χ0) is 26.0. The highest BCUT2D eigenvalue weighted by Gasteiger charge is 2.46. The number of Topliss-reactive ketones (excluding diaryl/α,β-unsaturated/α-hetero) is 1. The Morgan fingerprint density at radius 3 is 2.44 bits per heavy atom. The van der Waals surface area contributed by atoms with Crippen molar-refractivity contribution >= 4 is 23.4 Å². The Hall–Kier alpha value is -4.26. The number of aliphatic hydroxyl groups is 1. The van der Waals surface area contributed by atoms with E-state index in [1.807, 2.05) is 26.0 Å². The molecule has 2 heterocycles. The number of carbonyl (C=O) groups is 3. The first kappa shape index (κ1) is 24.9. The molecule has 1 aliphatic rings. The summed E-state index contributed by atoms with van der Waals surface area (Å²) in [6.07, 6.45) is 2.96. The van der Waals surface area contributed by atoms with E-state index in [1.54, 1.807) is 68.7 Å². The Bertz CT molecular complexity index is 1340. The van der Waals surface area contributed by atoms with Gasteiger partial charge < -0.3 is 14.7 Å². The van der Waals surface area contributed by atoms with Gasteiger partial charge in [0.25, 0.3) is 11.7 Å². The highest BCUT2D eigenvalue weighted by atomic mass is 16.5. The van der Waals surface area contributed by atoms with Crippen molar-refractivity contribution in [2.45, 2.75) is 46.4 Å². The van der Waals surface area contributed by atoms with Gasteiger partial charge in [-0.25, -0.2) is 4.79 Å². The van der Waals surface area contributed by atoms with E-state index in [9.17, 15) is 19.5 Å². The van der Waals surface area contributed by atoms with E-state index in [4.69, 9.17) is 4.74 Å². The van der Waals surface area contributed by atoms with E-state index in [0.717, 1.165) is 16.7 Å². The molecule has 3 aromatic rings. The summed E-state index contributed by atoms with van der Waals surface area (Å²) in [5, 5.41) is 11.3. The van der Waals surface area contributed by atoms with Crippen LogP contribution in [0.3, 0.4) is 0 Å². The van der Waals surface area contributed by atoms with E-state index in [0.29, 0.717) is 16.7 Å². The smallest absolute Gasteiger partial charge is 0.338 e. The fraction of sp³-hybridized carbons (Fsp3) is 0.241. The van der Waals surface area contributed by atoms with Gasteiger partial charge in [0.05, 0.1) is 23.3 Å². The molecular weight excluding hydrogens is 456 g/mol. The SMILES string of the molecule is Cc1ccc(C)c(/C(O)=C2\C(=O)C(=O)N(Cc3ccc(C(=O)OC(C)C)cc3)C2c2cccnc2)c1. The molecule has 0 aliphatic carbocycles.